The van der Waals surface area contributed by atoms with E-state index in [-0.39, 0.29) is 17.9 Å². The van der Waals surface area contributed by atoms with Crippen LogP contribution in [0.3, 0.4) is 0 Å². The fourth-order valence-electron chi connectivity index (χ4n) is 2.67. The standard InChI is InChI=1S/C16H25N3O3/c1-16(2,3)22-15(21)19-10-6-7-12(19)11-18(4)14-13(20)8-5-9-17-14/h5,8-9,12,20H,6-7,10-11H2,1-4H3/t12-/m1/s1. The maximum atomic E-state index is 12.3. The molecule has 2 rings (SSSR count). The summed E-state index contributed by atoms with van der Waals surface area (Å²) in [6.07, 6.45) is 3.27. The lowest BCUT2D eigenvalue weighted by Crippen LogP contribution is -2.44. The number of hydrogen-bond donors (Lipinski definition) is 1. The summed E-state index contributed by atoms with van der Waals surface area (Å²) in [5.74, 6) is 0.672. The molecule has 122 valence electrons. The molecule has 0 radical (unpaired) electrons. The van der Waals surface area contributed by atoms with E-state index in [2.05, 4.69) is 4.98 Å². The van der Waals surface area contributed by atoms with E-state index in [4.69, 9.17) is 4.74 Å². The maximum Gasteiger partial charge on any atom is 0.410 e. The van der Waals surface area contributed by atoms with E-state index in [0.29, 0.717) is 18.9 Å². The lowest BCUT2D eigenvalue weighted by molar-refractivity contribution is 0.0232. The van der Waals surface area contributed by atoms with Crippen LogP contribution < -0.4 is 4.90 Å². The number of nitrogens with zero attached hydrogens (tertiary/aromatic N) is 3. The molecule has 1 aromatic rings. The molecule has 2 heterocycles. The Morgan fingerprint density at radius 2 is 2.27 bits per heavy atom. The van der Waals surface area contributed by atoms with Crippen molar-refractivity contribution in [3.63, 3.8) is 0 Å². The van der Waals surface area contributed by atoms with Crippen molar-refractivity contribution in [1.29, 1.82) is 0 Å². The Kier molecular flexibility index (Phi) is 4.78. The van der Waals surface area contributed by atoms with Crippen LogP contribution in [-0.4, -0.2) is 52.9 Å². The molecular weight excluding hydrogens is 282 g/mol. The molecule has 1 aliphatic rings. The summed E-state index contributed by atoms with van der Waals surface area (Å²) in [5, 5.41) is 9.87. The van der Waals surface area contributed by atoms with Gasteiger partial charge in [-0.2, -0.15) is 0 Å². The number of anilines is 1. The zero-order chi connectivity index (χ0) is 16.3. The van der Waals surface area contributed by atoms with Gasteiger partial charge in [-0.25, -0.2) is 9.78 Å². The van der Waals surface area contributed by atoms with Gasteiger partial charge in [0.25, 0.3) is 0 Å². The minimum absolute atomic E-state index is 0.0706. The van der Waals surface area contributed by atoms with Crippen molar-refractivity contribution < 1.29 is 14.6 Å². The summed E-state index contributed by atoms with van der Waals surface area (Å²) < 4.78 is 5.47. The van der Waals surface area contributed by atoms with E-state index in [9.17, 15) is 9.90 Å². The topological polar surface area (TPSA) is 65.9 Å². The van der Waals surface area contributed by atoms with E-state index >= 15 is 0 Å². The number of aromatic nitrogens is 1. The molecule has 1 fully saturated rings. The average Bonchev–Trinajstić information content (AvgIpc) is 2.85. The van der Waals surface area contributed by atoms with Crippen LogP contribution in [0.4, 0.5) is 10.6 Å². The zero-order valence-corrected chi connectivity index (χ0v) is 13.7. The molecule has 1 N–H and O–H groups in total. The maximum absolute atomic E-state index is 12.3. The summed E-state index contributed by atoms with van der Waals surface area (Å²) in [6, 6.07) is 3.37. The number of likely N-dealkylation sites (N-methyl/N-ethyl adjacent to an activating group) is 1. The van der Waals surface area contributed by atoms with Crippen LogP contribution in [0.1, 0.15) is 33.6 Å². The number of amides is 1. The van der Waals surface area contributed by atoms with Crippen LogP contribution in [0, 0.1) is 0 Å². The molecule has 6 nitrogen and oxygen atoms in total. The second-order valence-electron chi connectivity index (χ2n) is 6.70. The van der Waals surface area contributed by atoms with Crippen molar-refractivity contribution >= 4 is 11.9 Å². The molecule has 0 unspecified atom stereocenters. The smallest absolute Gasteiger partial charge is 0.410 e. The van der Waals surface area contributed by atoms with E-state index in [1.165, 1.54) is 0 Å². The molecular formula is C16H25N3O3. The minimum atomic E-state index is -0.491. The molecule has 1 saturated heterocycles. The molecule has 22 heavy (non-hydrogen) atoms. The number of rotatable bonds is 3. The SMILES string of the molecule is CN(C[C@H]1CCCN1C(=O)OC(C)(C)C)c1ncccc1O. The highest BCUT2D eigenvalue weighted by atomic mass is 16.6. The predicted octanol–water partition coefficient (Wildman–Crippen LogP) is 2.62. The van der Waals surface area contributed by atoms with Gasteiger partial charge in [-0.15, -0.1) is 0 Å². The van der Waals surface area contributed by atoms with Crippen molar-refractivity contribution in [2.75, 3.05) is 25.0 Å². The summed E-state index contributed by atoms with van der Waals surface area (Å²) in [4.78, 5) is 20.1. The number of ether oxygens (including phenoxy) is 1. The largest absolute Gasteiger partial charge is 0.504 e. The van der Waals surface area contributed by atoms with E-state index in [0.717, 1.165) is 12.8 Å². The summed E-state index contributed by atoms with van der Waals surface area (Å²) in [6.45, 7) is 6.93. The first-order chi connectivity index (χ1) is 10.3. The van der Waals surface area contributed by atoms with Gasteiger partial charge in [0.2, 0.25) is 0 Å². The second-order valence-corrected chi connectivity index (χ2v) is 6.70. The third kappa shape index (κ3) is 4.02. The third-order valence-corrected chi connectivity index (χ3v) is 3.62. The van der Waals surface area contributed by atoms with Gasteiger partial charge in [0.1, 0.15) is 5.60 Å². The van der Waals surface area contributed by atoms with Crippen LogP contribution >= 0.6 is 0 Å². The van der Waals surface area contributed by atoms with E-state index in [1.807, 2.05) is 32.7 Å². The molecule has 1 amide bonds. The molecule has 0 saturated carbocycles. The first-order valence-electron chi connectivity index (χ1n) is 7.62. The Balaban J connectivity index is 2.02. The second kappa shape index (κ2) is 6.42. The van der Waals surface area contributed by atoms with Gasteiger partial charge in [-0.05, 0) is 45.7 Å². The van der Waals surface area contributed by atoms with Crippen LogP contribution in [-0.2, 0) is 4.74 Å². The Hall–Kier alpha value is -1.98. The Morgan fingerprint density at radius 1 is 1.55 bits per heavy atom. The van der Waals surface area contributed by atoms with Crippen molar-refractivity contribution in [3.05, 3.63) is 18.3 Å². The van der Waals surface area contributed by atoms with Crippen molar-refractivity contribution in [1.82, 2.24) is 9.88 Å². The molecule has 1 aliphatic heterocycles. The Morgan fingerprint density at radius 3 is 2.91 bits per heavy atom. The molecule has 6 heteroatoms. The van der Waals surface area contributed by atoms with E-state index < -0.39 is 5.60 Å². The molecule has 0 aliphatic carbocycles. The van der Waals surface area contributed by atoms with Gasteiger partial charge in [0.15, 0.2) is 11.6 Å². The van der Waals surface area contributed by atoms with Crippen molar-refractivity contribution in [2.45, 2.75) is 45.3 Å². The van der Waals surface area contributed by atoms with Gasteiger partial charge in [-0.3, -0.25) is 0 Å². The average molecular weight is 307 g/mol. The fourth-order valence-corrected chi connectivity index (χ4v) is 2.67. The number of pyridine rings is 1. The van der Waals surface area contributed by atoms with Gasteiger partial charge in [0, 0.05) is 26.3 Å². The van der Waals surface area contributed by atoms with E-state index in [1.54, 1.807) is 23.2 Å². The number of likely N-dealkylation sites (tertiary alicyclic amines) is 1. The normalized spacial score (nSPS) is 18.4. The third-order valence-electron chi connectivity index (χ3n) is 3.62. The van der Waals surface area contributed by atoms with Crippen molar-refractivity contribution in [2.24, 2.45) is 0 Å². The number of carbonyl (C=O) groups is 1. The molecule has 0 spiro atoms. The fraction of sp³-hybridized carbons (Fsp3) is 0.625. The highest BCUT2D eigenvalue weighted by Gasteiger charge is 2.33. The first kappa shape index (κ1) is 16.4. The number of carbonyl (C=O) groups excluding carboxylic acids is 1. The first-order valence-corrected chi connectivity index (χ1v) is 7.62. The summed E-state index contributed by atoms with van der Waals surface area (Å²) in [5.41, 5.74) is -0.491. The monoisotopic (exact) mass is 307 g/mol. The quantitative estimate of drug-likeness (QED) is 0.930. The van der Waals surface area contributed by atoms with Gasteiger partial charge in [0.05, 0.1) is 6.04 Å². The van der Waals surface area contributed by atoms with Crippen LogP contribution in [0.2, 0.25) is 0 Å². The highest BCUT2D eigenvalue weighted by Crippen LogP contribution is 2.26. The molecule has 1 aromatic heterocycles. The summed E-state index contributed by atoms with van der Waals surface area (Å²) >= 11 is 0. The Labute approximate surface area is 131 Å². The molecule has 0 bridgehead atoms. The molecule has 0 aromatic carbocycles. The number of hydrogen-bond acceptors (Lipinski definition) is 5. The molecule has 1 atom stereocenters. The highest BCUT2D eigenvalue weighted by molar-refractivity contribution is 5.69. The van der Waals surface area contributed by atoms with Crippen molar-refractivity contribution in [3.8, 4) is 5.75 Å². The minimum Gasteiger partial charge on any atom is -0.504 e. The van der Waals surface area contributed by atoms with Crippen LogP contribution in [0.5, 0.6) is 5.75 Å². The lowest BCUT2D eigenvalue weighted by Gasteiger charge is -2.31. The van der Waals surface area contributed by atoms with Gasteiger partial charge < -0.3 is 19.6 Å². The van der Waals surface area contributed by atoms with Crippen LogP contribution in [0.25, 0.3) is 0 Å². The number of aromatic hydroxyl groups is 1. The zero-order valence-electron chi connectivity index (χ0n) is 13.7. The Bertz CT molecular complexity index is 528. The van der Waals surface area contributed by atoms with Crippen LogP contribution in [0.15, 0.2) is 18.3 Å². The summed E-state index contributed by atoms with van der Waals surface area (Å²) in [7, 11) is 1.87. The lowest BCUT2D eigenvalue weighted by atomic mass is 10.2. The van der Waals surface area contributed by atoms with Gasteiger partial charge >= 0.3 is 6.09 Å². The predicted molar refractivity (Wildman–Crippen MR) is 85.1 cm³/mol. The van der Waals surface area contributed by atoms with Gasteiger partial charge in [-0.1, -0.05) is 0 Å².